The highest BCUT2D eigenvalue weighted by atomic mass is 16.5. The molecule has 162 valence electrons. The molecule has 9 nitrogen and oxygen atoms in total. The number of rotatable bonds is 4. The third kappa shape index (κ3) is 3.80. The number of aromatic nitrogens is 4. The lowest BCUT2D eigenvalue weighted by Gasteiger charge is -2.32. The van der Waals surface area contributed by atoms with Gasteiger partial charge in [0.15, 0.2) is 0 Å². The summed E-state index contributed by atoms with van der Waals surface area (Å²) in [6, 6.07) is 14.4. The van der Waals surface area contributed by atoms with E-state index >= 15 is 0 Å². The number of aromatic amines is 1. The van der Waals surface area contributed by atoms with Crippen molar-refractivity contribution >= 4 is 11.7 Å². The van der Waals surface area contributed by atoms with Gasteiger partial charge in [0.1, 0.15) is 11.8 Å². The summed E-state index contributed by atoms with van der Waals surface area (Å²) in [6.07, 6.45) is 2.11. The summed E-state index contributed by atoms with van der Waals surface area (Å²) in [6.45, 7) is 2.36. The first-order valence-electron chi connectivity index (χ1n) is 10.2. The molecule has 2 amide bonds. The number of hydrogen-bond donors (Lipinski definition) is 2. The summed E-state index contributed by atoms with van der Waals surface area (Å²) in [7, 11) is 1.60. The van der Waals surface area contributed by atoms with Crippen molar-refractivity contribution in [2.75, 3.05) is 12.4 Å². The number of H-pyrrole nitrogens is 1. The Morgan fingerprint density at radius 1 is 1.25 bits per heavy atom. The average molecular weight is 430 g/mol. The number of amides is 2. The molecule has 1 aliphatic heterocycles. The van der Waals surface area contributed by atoms with Crippen molar-refractivity contribution in [3.8, 4) is 17.1 Å². The van der Waals surface area contributed by atoms with Gasteiger partial charge in [-0.3, -0.25) is 0 Å². The van der Waals surface area contributed by atoms with Gasteiger partial charge in [-0.2, -0.15) is 4.98 Å². The van der Waals surface area contributed by atoms with Gasteiger partial charge in [0.25, 0.3) is 0 Å². The van der Waals surface area contributed by atoms with Gasteiger partial charge in [0.2, 0.25) is 11.7 Å². The predicted molar refractivity (Wildman–Crippen MR) is 117 cm³/mol. The third-order valence-electron chi connectivity index (χ3n) is 5.50. The van der Waals surface area contributed by atoms with Gasteiger partial charge in [-0.05, 0) is 37.3 Å². The number of carbonyl (C=O) groups is 1. The molecule has 1 atom stereocenters. The second-order valence-corrected chi connectivity index (χ2v) is 7.66. The van der Waals surface area contributed by atoms with Crippen LogP contribution in [0.2, 0.25) is 0 Å². The summed E-state index contributed by atoms with van der Waals surface area (Å²) in [5, 5.41) is 7.10. The molecule has 0 saturated heterocycles. The number of hydrogen-bond acceptors (Lipinski definition) is 6. The number of methoxy groups -OCH3 is 1. The Morgan fingerprint density at radius 2 is 2.09 bits per heavy atom. The molecule has 5 rings (SSSR count). The third-order valence-corrected chi connectivity index (χ3v) is 5.50. The molecule has 2 N–H and O–H groups in total. The maximum atomic E-state index is 13.2. The van der Waals surface area contributed by atoms with Crippen LogP contribution in [0.5, 0.6) is 5.75 Å². The fourth-order valence-corrected chi connectivity index (χ4v) is 3.81. The van der Waals surface area contributed by atoms with Crippen LogP contribution in [-0.2, 0) is 13.0 Å². The zero-order chi connectivity index (χ0) is 22.1. The maximum Gasteiger partial charge on any atom is 0.322 e. The topological polar surface area (TPSA) is 109 Å². The van der Waals surface area contributed by atoms with Crippen LogP contribution in [0.3, 0.4) is 0 Å². The number of urea groups is 1. The highest BCUT2D eigenvalue weighted by Crippen LogP contribution is 2.33. The van der Waals surface area contributed by atoms with Gasteiger partial charge in [0, 0.05) is 17.7 Å². The van der Waals surface area contributed by atoms with Crippen LogP contribution < -0.4 is 10.1 Å². The molecule has 0 fully saturated rings. The van der Waals surface area contributed by atoms with Gasteiger partial charge < -0.3 is 24.5 Å². The molecule has 1 aliphatic rings. The summed E-state index contributed by atoms with van der Waals surface area (Å²) >= 11 is 0. The van der Waals surface area contributed by atoms with E-state index in [4.69, 9.17) is 9.26 Å². The van der Waals surface area contributed by atoms with Crippen LogP contribution in [-0.4, -0.2) is 38.1 Å². The second kappa shape index (κ2) is 8.18. The van der Waals surface area contributed by atoms with Crippen molar-refractivity contribution in [2.24, 2.45) is 0 Å². The molecule has 0 saturated carbocycles. The predicted octanol–water partition coefficient (Wildman–Crippen LogP) is 4.11. The fourth-order valence-electron chi connectivity index (χ4n) is 3.81. The van der Waals surface area contributed by atoms with E-state index < -0.39 is 6.04 Å². The standard InChI is InChI=1S/C23H22N6O3/c1-14-4-3-5-15(10-14)21-27-22(32-28-21)20-11-18-19(25-13-24-18)12-29(20)23(30)26-16-6-8-17(31-2)9-7-16/h3-10,13,20H,11-12H2,1-2H3,(H,24,25)(H,26,30). The Kier molecular flexibility index (Phi) is 5.06. The van der Waals surface area contributed by atoms with E-state index in [-0.39, 0.29) is 6.03 Å². The van der Waals surface area contributed by atoms with Gasteiger partial charge in [-0.15, -0.1) is 0 Å². The quantitative estimate of drug-likeness (QED) is 0.504. The first-order valence-corrected chi connectivity index (χ1v) is 10.2. The minimum atomic E-state index is -0.435. The van der Waals surface area contributed by atoms with E-state index in [0.29, 0.717) is 30.4 Å². The summed E-state index contributed by atoms with van der Waals surface area (Å²) in [5.41, 5.74) is 4.41. The first-order chi connectivity index (χ1) is 15.6. The molecule has 0 spiro atoms. The molecule has 2 aromatic carbocycles. The molecule has 3 heterocycles. The zero-order valence-electron chi connectivity index (χ0n) is 17.7. The van der Waals surface area contributed by atoms with E-state index in [2.05, 4.69) is 25.4 Å². The van der Waals surface area contributed by atoms with Crippen molar-refractivity contribution in [1.82, 2.24) is 25.0 Å². The van der Waals surface area contributed by atoms with Crippen molar-refractivity contribution in [3.63, 3.8) is 0 Å². The molecular weight excluding hydrogens is 408 g/mol. The van der Waals surface area contributed by atoms with Crippen molar-refractivity contribution in [3.05, 3.63) is 77.7 Å². The van der Waals surface area contributed by atoms with Crippen molar-refractivity contribution in [2.45, 2.75) is 25.9 Å². The molecule has 4 aromatic rings. The molecule has 32 heavy (non-hydrogen) atoms. The van der Waals surface area contributed by atoms with E-state index in [1.165, 1.54) is 0 Å². The van der Waals surface area contributed by atoms with Crippen LogP contribution in [0.4, 0.5) is 10.5 Å². The number of ether oxygens (including phenoxy) is 1. The Morgan fingerprint density at radius 3 is 2.88 bits per heavy atom. The first kappa shape index (κ1) is 19.8. The minimum absolute atomic E-state index is 0.268. The maximum absolute atomic E-state index is 13.2. The zero-order valence-corrected chi connectivity index (χ0v) is 17.7. The molecule has 1 unspecified atom stereocenters. The molecule has 0 aliphatic carbocycles. The van der Waals surface area contributed by atoms with E-state index in [9.17, 15) is 4.79 Å². The number of nitrogens with one attached hydrogen (secondary N) is 2. The number of carbonyl (C=O) groups excluding carboxylic acids is 1. The Bertz CT molecular complexity index is 1250. The number of benzene rings is 2. The number of aryl methyl sites for hydroxylation is 1. The number of imidazole rings is 1. The van der Waals surface area contributed by atoms with Gasteiger partial charge >= 0.3 is 6.03 Å². The Labute approximate surface area is 184 Å². The van der Waals surface area contributed by atoms with Gasteiger partial charge in [-0.25, -0.2) is 9.78 Å². The molecular formula is C23H22N6O3. The normalized spacial score (nSPS) is 15.3. The lowest BCUT2D eigenvalue weighted by Crippen LogP contribution is -2.41. The number of anilines is 1. The van der Waals surface area contributed by atoms with E-state index in [1.807, 2.05) is 31.2 Å². The highest BCUT2D eigenvalue weighted by molar-refractivity contribution is 5.89. The van der Waals surface area contributed by atoms with Crippen LogP contribution in [0.25, 0.3) is 11.4 Å². The van der Waals surface area contributed by atoms with Crippen LogP contribution in [0.1, 0.15) is 28.9 Å². The number of nitrogens with zero attached hydrogens (tertiary/aromatic N) is 4. The number of fused-ring (bicyclic) bond motifs is 1. The SMILES string of the molecule is COc1ccc(NC(=O)N2Cc3[nH]cnc3CC2c2nc(-c3cccc(C)c3)no2)cc1. The average Bonchev–Trinajstić information content (AvgIpc) is 3.48. The summed E-state index contributed by atoms with van der Waals surface area (Å²) in [5.74, 6) is 1.59. The van der Waals surface area contributed by atoms with Crippen LogP contribution in [0, 0.1) is 6.92 Å². The van der Waals surface area contributed by atoms with Crippen molar-refractivity contribution < 1.29 is 14.1 Å². The lowest BCUT2D eigenvalue weighted by atomic mass is 10.0. The van der Waals surface area contributed by atoms with E-state index in [0.717, 1.165) is 28.3 Å². The highest BCUT2D eigenvalue weighted by Gasteiger charge is 2.36. The summed E-state index contributed by atoms with van der Waals surface area (Å²) < 4.78 is 10.8. The Balaban J connectivity index is 1.43. The van der Waals surface area contributed by atoms with Gasteiger partial charge in [0.05, 0.1) is 31.4 Å². The lowest BCUT2D eigenvalue weighted by molar-refractivity contribution is 0.155. The smallest absolute Gasteiger partial charge is 0.322 e. The van der Waals surface area contributed by atoms with Gasteiger partial charge in [-0.1, -0.05) is 28.9 Å². The molecule has 9 heteroatoms. The molecule has 0 radical (unpaired) electrons. The monoisotopic (exact) mass is 430 g/mol. The van der Waals surface area contributed by atoms with Crippen LogP contribution in [0.15, 0.2) is 59.4 Å². The minimum Gasteiger partial charge on any atom is -0.497 e. The largest absolute Gasteiger partial charge is 0.497 e. The Hall–Kier alpha value is -4.14. The fraction of sp³-hybridized carbons (Fsp3) is 0.217. The van der Waals surface area contributed by atoms with Crippen molar-refractivity contribution in [1.29, 1.82) is 0 Å². The second-order valence-electron chi connectivity index (χ2n) is 7.66. The molecule has 2 aromatic heterocycles. The molecule has 0 bridgehead atoms. The summed E-state index contributed by atoms with van der Waals surface area (Å²) in [4.78, 5) is 27.0. The van der Waals surface area contributed by atoms with Crippen LogP contribution >= 0.6 is 0 Å². The van der Waals surface area contributed by atoms with E-state index in [1.54, 1.807) is 42.6 Å².